The Labute approximate surface area is 191 Å². The topological polar surface area (TPSA) is 64.8 Å². The quantitative estimate of drug-likeness (QED) is 0.551. The van der Waals surface area contributed by atoms with E-state index in [1.807, 2.05) is 6.07 Å². The van der Waals surface area contributed by atoms with Crippen LogP contribution in [0.3, 0.4) is 0 Å². The van der Waals surface area contributed by atoms with E-state index in [9.17, 15) is 22.2 Å². The van der Waals surface area contributed by atoms with Gasteiger partial charge in [0.1, 0.15) is 17.8 Å². The van der Waals surface area contributed by atoms with Gasteiger partial charge in [-0.15, -0.1) is 0 Å². The summed E-state index contributed by atoms with van der Waals surface area (Å²) in [5, 5.41) is 0.705. The molecule has 0 radical (unpaired) electrons. The molecule has 9 heteroatoms. The van der Waals surface area contributed by atoms with E-state index in [2.05, 4.69) is 9.97 Å². The molecular formula is C24H24F3N3O2S. The second kappa shape index (κ2) is 8.34. The summed E-state index contributed by atoms with van der Waals surface area (Å²) in [5.74, 6) is -0.255. The minimum atomic E-state index is -2.87. The Morgan fingerprint density at radius 3 is 2.76 bits per heavy atom. The van der Waals surface area contributed by atoms with Crippen molar-refractivity contribution in [3.05, 3.63) is 69.1 Å². The van der Waals surface area contributed by atoms with E-state index in [-0.39, 0.29) is 28.2 Å². The van der Waals surface area contributed by atoms with Gasteiger partial charge in [-0.2, -0.15) is 0 Å². The van der Waals surface area contributed by atoms with Gasteiger partial charge in [-0.25, -0.2) is 23.1 Å². The molecule has 3 aromatic rings. The summed E-state index contributed by atoms with van der Waals surface area (Å²) in [4.78, 5) is 21.8. The zero-order valence-corrected chi connectivity index (χ0v) is 19.0. The van der Waals surface area contributed by atoms with E-state index >= 15 is 0 Å². The molecule has 0 bridgehead atoms. The molecule has 5 nitrogen and oxygen atoms in total. The number of alkyl halides is 2. The fourth-order valence-corrected chi connectivity index (χ4v) is 6.87. The zero-order valence-electron chi connectivity index (χ0n) is 18.2. The Bertz CT molecular complexity index is 1320. The van der Waals surface area contributed by atoms with E-state index in [1.54, 1.807) is 7.05 Å². The van der Waals surface area contributed by atoms with Gasteiger partial charge in [0.25, 0.3) is 12.0 Å². The number of aromatic nitrogens is 3. The molecule has 1 spiro atoms. The van der Waals surface area contributed by atoms with Crippen molar-refractivity contribution >= 4 is 21.8 Å². The molecule has 1 aromatic carbocycles. The molecule has 1 aliphatic carbocycles. The van der Waals surface area contributed by atoms with Crippen LogP contribution in [-0.4, -0.2) is 29.2 Å². The number of hydrogen-bond donors (Lipinski definition) is 0. The highest BCUT2D eigenvalue weighted by molar-refractivity contribution is 7.86. The van der Waals surface area contributed by atoms with E-state index in [0.29, 0.717) is 40.9 Å². The maximum absolute atomic E-state index is 14.5. The average molecular weight is 476 g/mol. The zero-order chi connectivity index (χ0) is 23.3. The smallest absolute Gasteiger partial charge is 0.266 e. The molecule has 0 N–H and O–H groups in total. The highest BCUT2D eigenvalue weighted by atomic mass is 32.2. The number of hydrogen-bond acceptors (Lipinski definition) is 4. The first kappa shape index (κ1) is 22.3. The Kier molecular flexibility index (Phi) is 5.63. The summed E-state index contributed by atoms with van der Waals surface area (Å²) in [7, 11) is 0.839. The lowest BCUT2D eigenvalue weighted by molar-refractivity contribution is 0.146. The Morgan fingerprint density at radius 2 is 2.03 bits per heavy atom. The van der Waals surface area contributed by atoms with E-state index < -0.39 is 28.6 Å². The molecular weight excluding hydrogens is 451 g/mol. The first-order valence-corrected chi connectivity index (χ1v) is 12.4. The van der Waals surface area contributed by atoms with Gasteiger partial charge in [-0.1, -0.05) is 18.2 Å². The van der Waals surface area contributed by atoms with Crippen LogP contribution in [0.15, 0.2) is 35.4 Å². The minimum Gasteiger partial charge on any atom is -0.295 e. The van der Waals surface area contributed by atoms with Crippen LogP contribution in [0.2, 0.25) is 0 Å². The average Bonchev–Trinajstić information content (AvgIpc) is 3.57. The second-order valence-corrected chi connectivity index (χ2v) is 11.0. The number of halogens is 3. The van der Waals surface area contributed by atoms with Gasteiger partial charge >= 0.3 is 0 Å². The predicted octanol–water partition coefficient (Wildman–Crippen LogP) is 4.35. The summed E-state index contributed by atoms with van der Waals surface area (Å²) < 4.78 is 54.4. The number of fused-ring (bicyclic) bond motifs is 1. The van der Waals surface area contributed by atoms with Crippen molar-refractivity contribution in [1.29, 1.82) is 0 Å². The summed E-state index contributed by atoms with van der Waals surface area (Å²) in [6.07, 6.45) is 2.34. The summed E-state index contributed by atoms with van der Waals surface area (Å²) >= 11 is 0. The highest BCUT2D eigenvalue weighted by Gasteiger charge is 2.52. The molecule has 2 fully saturated rings. The van der Waals surface area contributed by atoms with Crippen LogP contribution in [0.4, 0.5) is 13.2 Å². The molecule has 2 atom stereocenters. The first-order chi connectivity index (χ1) is 15.8. The fraction of sp³-hybridized carbons (Fsp3) is 0.458. The Morgan fingerprint density at radius 1 is 1.24 bits per heavy atom. The van der Waals surface area contributed by atoms with Gasteiger partial charge in [0.05, 0.1) is 11.3 Å². The summed E-state index contributed by atoms with van der Waals surface area (Å²) in [5.41, 5.74) is 1.28. The lowest BCUT2D eigenvalue weighted by Gasteiger charge is -2.29. The van der Waals surface area contributed by atoms with Crippen LogP contribution in [0, 0.1) is 5.82 Å². The molecule has 5 rings (SSSR count). The Hall–Kier alpha value is -2.55. The van der Waals surface area contributed by atoms with Crippen molar-refractivity contribution in [2.24, 2.45) is 7.05 Å². The SMILES string of the molecule is Cn1c(=O)c(C2CCS(=O)C3(CC3)C2)cc2c(CCc3cccc(C(F)F)c3F)ncnc21. The highest BCUT2D eigenvalue weighted by Crippen LogP contribution is 2.52. The first-order valence-electron chi connectivity index (χ1n) is 11.1. The molecule has 2 aliphatic rings. The van der Waals surface area contributed by atoms with Crippen molar-refractivity contribution in [3.8, 4) is 0 Å². The van der Waals surface area contributed by atoms with Gasteiger partial charge in [0, 0.05) is 39.3 Å². The third-order valence-corrected chi connectivity index (χ3v) is 9.24. The van der Waals surface area contributed by atoms with Gasteiger partial charge in [0.2, 0.25) is 0 Å². The van der Waals surface area contributed by atoms with Gasteiger partial charge in [0.15, 0.2) is 0 Å². The van der Waals surface area contributed by atoms with Crippen molar-refractivity contribution in [3.63, 3.8) is 0 Å². The lowest BCUT2D eigenvalue weighted by atomic mass is 9.90. The molecule has 2 unspecified atom stereocenters. The van der Waals surface area contributed by atoms with Crippen molar-refractivity contribution in [2.75, 3.05) is 5.75 Å². The van der Waals surface area contributed by atoms with Crippen LogP contribution in [0.25, 0.3) is 11.0 Å². The largest absolute Gasteiger partial charge is 0.295 e. The third kappa shape index (κ3) is 3.90. The lowest BCUT2D eigenvalue weighted by Crippen LogP contribution is -2.33. The van der Waals surface area contributed by atoms with Crippen molar-refractivity contribution in [1.82, 2.24) is 14.5 Å². The van der Waals surface area contributed by atoms with Crippen LogP contribution in [0.5, 0.6) is 0 Å². The molecule has 174 valence electrons. The van der Waals surface area contributed by atoms with Gasteiger partial charge < -0.3 is 0 Å². The van der Waals surface area contributed by atoms with Crippen LogP contribution in [0.1, 0.15) is 60.4 Å². The second-order valence-electron chi connectivity index (χ2n) is 9.06. The summed E-state index contributed by atoms with van der Waals surface area (Å²) in [6.45, 7) is 0. The van der Waals surface area contributed by atoms with E-state index in [4.69, 9.17) is 0 Å². The number of nitrogens with zero attached hydrogens (tertiary/aromatic N) is 3. The normalized spacial score (nSPS) is 21.7. The maximum Gasteiger partial charge on any atom is 0.266 e. The number of benzene rings is 1. The van der Waals surface area contributed by atoms with Crippen molar-refractivity contribution < 1.29 is 17.4 Å². The van der Waals surface area contributed by atoms with Crippen molar-refractivity contribution in [2.45, 2.75) is 55.6 Å². The monoisotopic (exact) mass is 475 g/mol. The standard InChI is InChI=1S/C24H24F3N3O2S/c1-30-22-18(11-17(23(30)31)15-7-10-33(32)24(12-15)8-9-24)19(28-13-29-22)6-5-14-3-2-4-16(20(14)25)21(26)27/h2-4,11,13,15,21H,5-10,12H2,1H3. The third-order valence-electron chi connectivity index (χ3n) is 7.09. The van der Waals surface area contributed by atoms with Gasteiger partial charge in [-0.05, 0) is 56.1 Å². The number of pyridine rings is 1. The van der Waals surface area contributed by atoms with E-state index in [0.717, 1.165) is 25.3 Å². The maximum atomic E-state index is 14.5. The van der Waals surface area contributed by atoms with Crippen LogP contribution < -0.4 is 5.56 Å². The molecule has 3 heterocycles. The van der Waals surface area contributed by atoms with Crippen LogP contribution in [-0.2, 0) is 30.7 Å². The molecule has 1 saturated heterocycles. The molecule has 0 amide bonds. The number of rotatable bonds is 5. The van der Waals surface area contributed by atoms with Gasteiger partial charge in [-0.3, -0.25) is 13.6 Å². The fourth-order valence-electron chi connectivity index (χ4n) is 5.00. The molecule has 2 aromatic heterocycles. The van der Waals surface area contributed by atoms with Crippen LogP contribution >= 0.6 is 0 Å². The molecule has 1 saturated carbocycles. The predicted molar refractivity (Wildman–Crippen MR) is 120 cm³/mol. The summed E-state index contributed by atoms with van der Waals surface area (Å²) in [6, 6.07) is 5.87. The Balaban J connectivity index is 1.50. The minimum absolute atomic E-state index is 0.0292. The molecule has 33 heavy (non-hydrogen) atoms. The number of aryl methyl sites for hydroxylation is 3. The molecule has 1 aliphatic heterocycles. The van der Waals surface area contributed by atoms with E-state index in [1.165, 1.54) is 23.0 Å².